The van der Waals surface area contributed by atoms with Crippen LogP contribution >= 0.6 is 12.0 Å². The average molecular weight is 852 g/mol. The standard InChI is InChI=1S/C38H46N2O12S4/c1-37(2)31-22-29(56(49,50)51)13-15-33(31)39(18-19-54(43,44)45)35(37)11-6-4-5-8-25-9-7-10-26(20-25)30-16-17-38(3)32-21-28(53-52-42)12-14-34(32)40(36(30)38)23-27(41)24-55(46,47)48/h4-6,8,11-15,20-22,26-27,30,41H,7,9-10,16-19,23-24H2,1-3H3,(H3-,42,43,44,45,46,47,48,49,50,51)/p+1/b6-4+,8-5+,35-11-. The van der Waals surface area contributed by atoms with Gasteiger partial charge in [0.2, 0.25) is 5.69 Å². The maximum atomic E-state index is 11.9. The summed E-state index contributed by atoms with van der Waals surface area (Å²) in [6, 6.07) is 9.77. The molecular formula is C38H47N2O12S4+. The summed E-state index contributed by atoms with van der Waals surface area (Å²) in [6.45, 7) is 5.78. The van der Waals surface area contributed by atoms with E-state index in [0.29, 0.717) is 21.8 Å². The number of anilines is 1. The van der Waals surface area contributed by atoms with Crippen LogP contribution in [-0.2, 0) is 45.5 Å². The lowest BCUT2D eigenvalue weighted by atomic mass is 9.75. The first-order valence-electron chi connectivity index (χ1n) is 18.1. The van der Waals surface area contributed by atoms with E-state index in [1.165, 1.54) is 18.2 Å². The van der Waals surface area contributed by atoms with E-state index in [4.69, 9.17) is 5.26 Å². The molecular weight excluding hydrogens is 805 g/mol. The molecule has 4 aliphatic rings. The highest BCUT2D eigenvalue weighted by Crippen LogP contribution is 2.54. The molecule has 4 atom stereocenters. The lowest BCUT2D eigenvalue weighted by Gasteiger charge is -2.26. The Morgan fingerprint density at radius 3 is 2.39 bits per heavy atom. The molecule has 18 heteroatoms. The molecule has 1 fully saturated rings. The third-order valence-corrected chi connectivity index (χ3v) is 14.3. The van der Waals surface area contributed by atoms with E-state index < -0.39 is 58.8 Å². The van der Waals surface area contributed by atoms with Crippen molar-refractivity contribution in [3.63, 3.8) is 0 Å². The molecule has 0 amide bonds. The summed E-state index contributed by atoms with van der Waals surface area (Å²) in [4.78, 5) is 2.14. The van der Waals surface area contributed by atoms with Crippen LogP contribution in [0.5, 0.6) is 0 Å². The smallest absolute Gasteiger partial charge is 0.294 e. The molecule has 2 aliphatic heterocycles. The summed E-state index contributed by atoms with van der Waals surface area (Å²) in [7, 11) is -13.2. The number of aliphatic hydroxyl groups is 1. The van der Waals surface area contributed by atoms with E-state index >= 15 is 0 Å². The fourth-order valence-electron chi connectivity index (χ4n) is 9.02. The zero-order chi connectivity index (χ0) is 40.8. The van der Waals surface area contributed by atoms with Gasteiger partial charge in [0.1, 0.15) is 11.9 Å². The van der Waals surface area contributed by atoms with Crippen molar-refractivity contribution in [2.75, 3.05) is 29.5 Å². The molecule has 56 heavy (non-hydrogen) atoms. The minimum absolute atomic E-state index is 0.0163. The van der Waals surface area contributed by atoms with Crippen molar-refractivity contribution in [2.45, 2.75) is 79.6 Å². The van der Waals surface area contributed by atoms with Gasteiger partial charge in [0, 0.05) is 45.8 Å². The second-order valence-electron chi connectivity index (χ2n) is 15.5. The zero-order valence-corrected chi connectivity index (χ0v) is 34.4. The molecule has 14 nitrogen and oxygen atoms in total. The van der Waals surface area contributed by atoms with Gasteiger partial charge in [-0.2, -0.15) is 34.2 Å². The molecule has 2 aliphatic carbocycles. The topological polar surface area (TPSA) is 219 Å². The minimum atomic E-state index is -4.48. The van der Waals surface area contributed by atoms with E-state index in [1.807, 2.05) is 60.9 Å². The maximum absolute atomic E-state index is 11.9. The van der Waals surface area contributed by atoms with Gasteiger partial charge in [-0.25, -0.2) is 5.26 Å². The molecule has 0 spiro atoms. The highest BCUT2D eigenvalue weighted by Gasteiger charge is 2.57. The number of fused-ring (bicyclic) bond motifs is 4. The summed E-state index contributed by atoms with van der Waals surface area (Å²) < 4.78 is 105. The first-order valence-corrected chi connectivity index (χ1v) is 23.5. The fraction of sp³-hybridized carbons (Fsp3) is 0.447. The van der Waals surface area contributed by atoms with Gasteiger partial charge in [-0.3, -0.25) is 13.7 Å². The van der Waals surface area contributed by atoms with Crippen molar-refractivity contribution in [1.82, 2.24) is 0 Å². The number of hydrogen-bond acceptors (Lipinski definition) is 11. The van der Waals surface area contributed by atoms with E-state index in [1.54, 1.807) is 11.0 Å². The van der Waals surface area contributed by atoms with Gasteiger partial charge >= 0.3 is 0 Å². The summed E-state index contributed by atoms with van der Waals surface area (Å²) in [5, 5.41) is 19.9. The van der Waals surface area contributed by atoms with Crippen LogP contribution in [0.2, 0.25) is 0 Å². The summed E-state index contributed by atoms with van der Waals surface area (Å²) >= 11 is 0.824. The van der Waals surface area contributed by atoms with Crippen LogP contribution in [-0.4, -0.2) is 90.3 Å². The summed E-state index contributed by atoms with van der Waals surface area (Å²) in [5.74, 6) is -1.07. The quantitative estimate of drug-likeness (QED) is 0.0376. The molecule has 4 unspecified atom stereocenters. The van der Waals surface area contributed by atoms with E-state index in [2.05, 4.69) is 17.3 Å². The fourth-order valence-corrected chi connectivity index (χ4v) is 10.9. The largest absolute Gasteiger partial charge is 0.385 e. The van der Waals surface area contributed by atoms with Crippen LogP contribution in [0.4, 0.5) is 11.4 Å². The highest BCUT2D eigenvalue weighted by atomic mass is 32.2. The Bertz CT molecular complexity index is 2380. The first-order chi connectivity index (χ1) is 26.1. The Morgan fingerprint density at radius 2 is 1.71 bits per heavy atom. The molecule has 2 heterocycles. The van der Waals surface area contributed by atoms with Crippen molar-refractivity contribution in [2.24, 2.45) is 11.8 Å². The lowest BCUT2D eigenvalue weighted by Crippen LogP contribution is -2.37. The van der Waals surface area contributed by atoms with Crippen molar-refractivity contribution in [1.29, 1.82) is 0 Å². The normalized spacial score (nSPS) is 25.0. The predicted octanol–water partition coefficient (Wildman–Crippen LogP) is 5.85. The minimum Gasteiger partial charge on any atom is -0.385 e. The van der Waals surface area contributed by atoms with Gasteiger partial charge in [0.05, 0.1) is 28.1 Å². The number of allylic oxidation sites excluding steroid dienone is 8. The number of rotatable bonds is 14. The van der Waals surface area contributed by atoms with Crippen LogP contribution in [0.1, 0.15) is 64.0 Å². The number of benzene rings is 2. The molecule has 6 rings (SSSR count). The Balaban J connectivity index is 1.26. The van der Waals surface area contributed by atoms with Crippen LogP contribution < -0.4 is 4.90 Å². The van der Waals surface area contributed by atoms with Gasteiger partial charge < -0.3 is 10.0 Å². The van der Waals surface area contributed by atoms with Crippen LogP contribution in [0.25, 0.3) is 0 Å². The highest BCUT2D eigenvalue weighted by molar-refractivity contribution is 7.94. The Hall–Kier alpha value is -3.17. The predicted molar refractivity (Wildman–Crippen MR) is 213 cm³/mol. The van der Waals surface area contributed by atoms with Gasteiger partial charge in [0.25, 0.3) is 30.4 Å². The van der Waals surface area contributed by atoms with Crippen molar-refractivity contribution in [3.05, 3.63) is 95.3 Å². The molecule has 1 saturated carbocycles. The lowest BCUT2D eigenvalue weighted by molar-refractivity contribution is -0.451. The molecule has 0 saturated heterocycles. The molecule has 2 aromatic rings. The first kappa shape index (κ1) is 42.4. The number of aliphatic hydroxyl groups excluding tert-OH is 1. The third-order valence-electron chi connectivity index (χ3n) is 11.4. The van der Waals surface area contributed by atoms with E-state index in [9.17, 15) is 44.0 Å². The summed E-state index contributed by atoms with van der Waals surface area (Å²) in [6.07, 6.45) is 14.8. The molecule has 0 aromatic heterocycles. The van der Waals surface area contributed by atoms with Crippen LogP contribution in [0, 0.1) is 11.8 Å². The number of hydrogen-bond donors (Lipinski definition) is 5. The number of nitrogens with zero attached hydrogens (tertiary/aromatic N) is 2. The SMILES string of the molecule is CC12CCC(C3C=C(/C=C/C=C/C=C4\N(CCS(=O)(=O)O)c5ccc(S(=O)(=O)O)cc5C4(C)C)CCC3)C1=[N+](CC(O)CS(=O)(=O)O)c1ccc(SOO)cc12. The van der Waals surface area contributed by atoms with Gasteiger partial charge in [-0.05, 0) is 86.9 Å². The molecule has 0 bridgehead atoms. The van der Waals surface area contributed by atoms with Crippen molar-refractivity contribution < 1.29 is 58.2 Å². The second-order valence-corrected chi connectivity index (χ2v) is 20.8. The van der Waals surface area contributed by atoms with E-state index in [-0.39, 0.29) is 29.8 Å². The second kappa shape index (κ2) is 15.9. The Morgan fingerprint density at radius 1 is 0.964 bits per heavy atom. The molecule has 304 valence electrons. The molecule has 0 radical (unpaired) electrons. The Labute approximate surface area is 332 Å². The zero-order valence-electron chi connectivity index (χ0n) is 31.1. The monoisotopic (exact) mass is 851 g/mol. The summed E-state index contributed by atoms with van der Waals surface area (Å²) in [5.41, 5.74) is 4.70. The van der Waals surface area contributed by atoms with Crippen LogP contribution in [0.15, 0.2) is 93.9 Å². The maximum Gasteiger partial charge on any atom is 0.294 e. The van der Waals surface area contributed by atoms with Crippen molar-refractivity contribution >= 4 is 59.5 Å². The van der Waals surface area contributed by atoms with Crippen LogP contribution in [0.3, 0.4) is 0 Å². The van der Waals surface area contributed by atoms with Gasteiger partial charge in [-0.1, -0.05) is 49.8 Å². The molecule has 5 N–H and O–H groups in total. The molecule has 2 aromatic carbocycles. The van der Waals surface area contributed by atoms with Crippen molar-refractivity contribution in [3.8, 4) is 0 Å². The Kier molecular flexibility index (Phi) is 12.0. The van der Waals surface area contributed by atoms with Gasteiger partial charge in [-0.15, -0.1) is 0 Å². The third kappa shape index (κ3) is 8.94. The number of β-amino-alcohol motifs (C(OH)–C–C–N with tert-alkyl or cyclic N) is 1. The average Bonchev–Trinajstić information content (AvgIpc) is 3.64. The van der Waals surface area contributed by atoms with E-state index in [0.717, 1.165) is 66.7 Å². The van der Waals surface area contributed by atoms with Gasteiger partial charge in [0.15, 0.2) is 12.3 Å².